The molecule has 0 aliphatic heterocycles. The lowest BCUT2D eigenvalue weighted by Gasteiger charge is -1.98. The van der Waals surface area contributed by atoms with Crippen molar-refractivity contribution in [2.75, 3.05) is 19.1 Å². The van der Waals surface area contributed by atoms with Gasteiger partial charge in [0.15, 0.2) is 0 Å². The first-order valence-electron chi connectivity index (χ1n) is 3.65. The van der Waals surface area contributed by atoms with Crippen molar-refractivity contribution in [2.45, 2.75) is 13.8 Å². The van der Waals surface area contributed by atoms with Crippen LogP contribution >= 0.6 is 11.6 Å². The number of rotatable bonds is 3. The molecule has 5 nitrogen and oxygen atoms in total. The first kappa shape index (κ1) is 14.5. The number of carbonyl (C=O) groups excluding carboxylic acids is 1. The van der Waals surface area contributed by atoms with Crippen molar-refractivity contribution in [2.24, 2.45) is 0 Å². The van der Waals surface area contributed by atoms with E-state index in [0.717, 1.165) is 0 Å². The van der Waals surface area contributed by atoms with Gasteiger partial charge in [0.05, 0.1) is 13.2 Å². The number of hydrogen-bond acceptors (Lipinski definition) is 4. The minimum Gasteiger partial charge on any atom is -0.480 e. The van der Waals surface area contributed by atoms with E-state index < -0.39 is 12.1 Å². The Bertz CT molecular complexity index is 140. The maximum Gasteiger partial charge on any atom is 0.508 e. The molecule has 6 heteroatoms. The summed E-state index contributed by atoms with van der Waals surface area (Å²) >= 11 is 4.74. The SMILES string of the molecule is CCOC(=O)OCC.O=C(O)CCl. The first-order valence-corrected chi connectivity index (χ1v) is 4.19. The van der Waals surface area contributed by atoms with Crippen LogP contribution < -0.4 is 0 Å². The van der Waals surface area contributed by atoms with Gasteiger partial charge in [-0.1, -0.05) is 0 Å². The summed E-state index contributed by atoms with van der Waals surface area (Å²) in [6.45, 7) is 4.21. The zero-order valence-electron chi connectivity index (χ0n) is 7.58. The van der Waals surface area contributed by atoms with Gasteiger partial charge in [-0.3, -0.25) is 4.79 Å². The molecule has 0 saturated carbocycles. The van der Waals surface area contributed by atoms with Gasteiger partial charge in [0, 0.05) is 0 Å². The summed E-state index contributed by atoms with van der Waals surface area (Å²) < 4.78 is 8.84. The molecule has 0 aliphatic rings. The molecule has 0 heterocycles. The summed E-state index contributed by atoms with van der Waals surface area (Å²) in [6.07, 6.45) is -0.588. The number of carboxylic acids is 1. The average Bonchev–Trinajstić information content (AvgIpc) is 2.06. The van der Waals surface area contributed by atoms with Crippen LogP contribution in [0.15, 0.2) is 0 Å². The fourth-order valence-corrected chi connectivity index (χ4v) is 0.277. The number of alkyl halides is 1. The van der Waals surface area contributed by atoms with Gasteiger partial charge in [-0.25, -0.2) is 4.79 Å². The predicted molar refractivity (Wildman–Crippen MR) is 47.0 cm³/mol. The van der Waals surface area contributed by atoms with Crippen LogP contribution in [-0.4, -0.2) is 36.3 Å². The van der Waals surface area contributed by atoms with Crippen LogP contribution in [0, 0.1) is 0 Å². The van der Waals surface area contributed by atoms with Gasteiger partial charge in [-0.05, 0) is 13.8 Å². The summed E-state index contributed by atoms with van der Waals surface area (Å²) in [4.78, 5) is 19.4. The summed E-state index contributed by atoms with van der Waals surface area (Å²) in [6, 6.07) is 0. The Morgan fingerprint density at radius 3 is 1.69 bits per heavy atom. The van der Waals surface area contributed by atoms with E-state index in [1.807, 2.05) is 0 Å². The maximum atomic E-state index is 10.2. The van der Waals surface area contributed by atoms with Gasteiger partial charge in [-0.2, -0.15) is 0 Å². The first-order chi connectivity index (χ1) is 6.08. The van der Waals surface area contributed by atoms with Crippen molar-refractivity contribution >= 4 is 23.7 Å². The molecule has 0 aromatic carbocycles. The third kappa shape index (κ3) is 18.2. The van der Waals surface area contributed by atoms with E-state index in [1.54, 1.807) is 13.8 Å². The van der Waals surface area contributed by atoms with Gasteiger partial charge in [0.2, 0.25) is 0 Å². The van der Waals surface area contributed by atoms with E-state index in [2.05, 4.69) is 9.47 Å². The van der Waals surface area contributed by atoms with Crippen LogP contribution in [0.4, 0.5) is 4.79 Å². The van der Waals surface area contributed by atoms with Crippen molar-refractivity contribution in [3.63, 3.8) is 0 Å². The Hall–Kier alpha value is -0.970. The quantitative estimate of drug-likeness (QED) is 0.567. The van der Waals surface area contributed by atoms with Gasteiger partial charge in [-0.15, -0.1) is 11.6 Å². The molecule has 0 saturated heterocycles. The molecule has 0 radical (unpaired) electrons. The lowest BCUT2D eigenvalue weighted by Crippen LogP contribution is -2.05. The third-order valence-corrected chi connectivity index (χ3v) is 0.867. The minimum atomic E-state index is -0.980. The fraction of sp³-hybridized carbons (Fsp3) is 0.714. The highest BCUT2D eigenvalue weighted by Crippen LogP contribution is 1.81. The van der Waals surface area contributed by atoms with E-state index >= 15 is 0 Å². The predicted octanol–water partition coefficient (Wildman–Crippen LogP) is 1.49. The highest BCUT2D eigenvalue weighted by Gasteiger charge is 1.96. The Balaban J connectivity index is 0. The van der Waals surface area contributed by atoms with Crippen molar-refractivity contribution < 1.29 is 24.2 Å². The molecular weight excluding hydrogens is 200 g/mol. The second-order valence-corrected chi connectivity index (χ2v) is 1.91. The Kier molecular flexibility index (Phi) is 12.3. The summed E-state index contributed by atoms with van der Waals surface area (Å²) in [7, 11) is 0. The normalized spacial score (nSPS) is 7.92. The largest absolute Gasteiger partial charge is 0.508 e. The monoisotopic (exact) mass is 212 g/mol. The smallest absolute Gasteiger partial charge is 0.480 e. The zero-order valence-corrected chi connectivity index (χ0v) is 8.34. The highest BCUT2D eigenvalue weighted by molar-refractivity contribution is 6.26. The van der Waals surface area contributed by atoms with Crippen LogP contribution in [0.2, 0.25) is 0 Å². The van der Waals surface area contributed by atoms with E-state index in [4.69, 9.17) is 16.7 Å². The van der Waals surface area contributed by atoms with Gasteiger partial charge in [0.25, 0.3) is 0 Å². The number of aliphatic carboxylic acids is 1. The number of halogens is 1. The van der Waals surface area contributed by atoms with Crippen molar-refractivity contribution in [3.8, 4) is 0 Å². The lowest BCUT2D eigenvalue weighted by molar-refractivity contribution is -0.134. The van der Waals surface area contributed by atoms with Gasteiger partial charge in [0.1, 0.15) is 5.88 Å². The average molecular weight is 213 g/mol. The van der Waals surface area contributed by atoms with Crippen LogP contribution in [0.25, 0.3) is 0 Å². The fourth-order valence-electron chi connectivity index (χ4n) is 0.277. The maximum absolute atomic E-state index is 10.2. The molecule has 0 aliphatic carbocycles. The van der Waals surface area contributed by atoms with Crippen LogP contribution in [-0.2, 0) is 14.3 Å². The summed E-state index contributed by atoms with van der Waals surface area (Å²) in [5, 5.41) is 7.59. The van der Waals surface area contributed by atoms with E-state index in [9.17, 15) is 9.59 Å². The molecule has 0 atom stereocenters. The van der Waals surface area contributed by atoms with Crippen LogP contribution in [0.1, 0.15) is 13.8 Å². The summed E-state index contributed by atoms with van der Waals surface area (Å²) in [5.74, 6) is -1.29. The van der Waals surface area contributed by atoms with Crippen LogP contribution in [0.3, 0.4) is 0 Å². The summed E-state index contributed by atoms with van der Waals surface area (Å²) in [5.41, 5.74) is 0. The molecule has 0 rings (SSSR count). The number of carbonyl (C=O) groups is 2. The Labute approximate surface area is 81.6 Å². The molecule has 0 spiro atoms. The number of carboxylic acid groups (broad SMARTS) is 1. The molecule has 0 fully saturated rings. The highest BCUT2D eigenvalue weighted by atomic mass is 35.5. The minimum absolute atomic E-state index is 0.306. The van der Waals surface area contributed by atoms with Gasteiger partial charge < -0.3 is 14.6 Å². The Morgan fingerprint density at radius 2 is 1.54 bits per heavy atom. The lowest BCUT2D eigenvalue weighted by atomic mass is 10.8. The van der Waals surface area contributed by atoms with Crippen molar-refractivity contribution in [3.05, 3.63) is 0 Å². The van der Waals surface area contributed by atoms with Crippen LogP contribution in [0.5, 0.6) is 0 Å². The topological polar surface area (TPSA) is 72.8 Å². The van der Waals surface area contributed by atoms with E-state index in [1.165, 1.54) is 0 Å². The molecular formula is C7H13ClO5. The zero-order chi connectivity index (χ0) is 10.7. The number of ether oxygens (including phenoxy) is 2. The van der Waals surface area contributed by atoms with Crippen molar-refractivity contribution in [1.29, 1.82) is 0 Å². The molecule has 0 aromatic rings. The third-order valence-electron chi connectivity index (χ3n) is 0.639. The van der Waals surface area contributed by atoms with Gasteiger partial charge >= 0.3 is 12.1 Å². The molecule has 0 unspecified atom stereocenters. The molecule has 13 heavy (non-hydrogen) atoms. The van der Waals surface area contributed by atoms with E-state index in [0.29, 0.717) is 13.2 Å². The molecule has 1 N–H and O–H groups in total. The standard InChI is InChI=1S/C5H10O3.C2H3ClO2/c1-3-7-5(6)8-4-2;3-1-2(4)5/h3-4H2,1-2H3;1H2,(H,4,5). The molecule has 78 valence electrons. The Morgan fingerprint density at radius 1 is 1.23 bits per heavy atom. The molecule has 0 aromatic heterocycles. The van der Waals surface area contributed by atoms with Crippen molar-refractivity contribution in [1.82, 2.24) is 0 Å². The number of hydrogen-bond donors (Lipinski definition) is 1. The second-order valence-electron chi connectivity index (χ2n) is 1.64. The molecule has 0 bridgehead atoms. The second kappa shape index (κ2) is 11.0. The van der Waals surface area contributed by atoms with E-state index in [-0.39, 0.29) is 5.88 Å². The molecule has 0 amide bonds.